The van der Waals surface area contributed by atoms with Crippen LogP contribution in [-0.4, -0.2) is 39.6 Å². The van der Waals surface area contributed by atoms with Gasteiger partial charge in [-0.25, -0.2) is 4.98 Å². The highest BCUT2D eigenvalue weighted by Crippen LogP contribution is 2.34. The molecule has 0 spiro atoms. The second-order valence-corrected chi connectivity index (χ2v) is 8.23. The quantitative estimate of drug-likeness (QED) is 0.834. The molecule has 0 N–H and O–H groups in total. The molecular weight excluding hydrogens is 338 g/mol. The molecule has 0 unspecified atom stereocenters. The first kappa shape index (κ1) is 16.8. The number of nitrogens with zero attached hydrogens (tertiary/aromatic N) is 3. The topological polar surface area (TPSA) is 47.4 Å². The van der Waals surface area contributed by atoms with Gasteiger partial charge >= 0.3 is 0 Å². The Labute approximate surface area is 160 Å². The Bertz CT molecular complexity index is 818. The summed E-state index contributed by atoms with van der Waals surface area (Å²) in [6, 6.07) is 8.06. The van der Waals surface area contributed by atoms with Crippen molar-refractivity contribution in [2.75, 3.05) is 13.1 Å². The molecule has 1 aliphatic carbocycles. The number of likely N-dealkylation sites (tertiary alicyclic amines) is 1. The van der Waals surface area contributed by atoms with Crippen molar-refractivity contribution in [3.05, 3.63) is 48.0 Å². The SMILES string of the molecule is O=C([C@@H]1CCc2ccccc2O1)N1CCC(c2nccn2CC2CC2)CC1. The van der Waals surface area contributed by atoms with E-state index in [1.165, 1.54) is 24.2 Å². The van der Waals surface area contributed by atoms with Crippen molar-refractivity contribution in [1.82, 2.24) is 14.5 Å². The Hall–Kier alpha value is -2.30. The summed E-state index contributed by atoms with van der Waals surface area (Å²) in [5, 5.41) is 0. The summed E-state index contributed by atoms with van der Waals surface area (Å²) in [6.45, 7) is 2.73. The lowest BCUT2D eigenvalue weighted by molar-refractivity contribution is -0.140. The summed E-state index contributed by atoms with van der Waals surface area (Å²) >= 11 is 0. The molecule has 142 valence electrons. The van der Waals surface area contributed by atoms with Crippen molar-refractivity contribution in [1.29, 1.82) is 0 Å². The number of aromatic nitrogens is 2. The number of carbonyl (C=O) groups excluding carboxylic acids is 1. The maximum absolute atomic E-state index is 13.0. The van der Waals surface area contributed by atoms with E-state index in [2.05, 4.69) is 21.8 Å². The van der Waals surface area contributed by atoms with Crippen molar-refractivity contribution >= 4 is 5.91 Å². The zero-order valence-corrected chi connectivity index (χ0v) is 15.7. The van der Waals surface area contributed by atoms with E-state index >= 15 is 0 Å². The molecule has 2 fully saturated rings. The maximum atomic E-state index is 13.0. The summed E-state index contributed by atoms with van der Waals surface area (Å²) in [6.07, 6.45) is 10.1. The molecule has 5 heteroatoms. The third-order valence-electron chi connectivity index (χ3n) is 6.26. The number of aryl methyl sites for hydroxylation is 1. The van der Waals surface area contributed by atoms with Gasteiger partial charge in [-0.15, -0.1) is 0 Å². The number of benzene rings is 1. The highest BCUT2D eigenvalue weighted by atomic mass is 16.5. The second kappa shape index (κ2) is 7.02. The van der Waals surface area contributed by atoms with Crippen LogP contribution in [0.4, 0.5) is 0 Å². The molecule has 2 aromatic rings. The molecule has 1 aromatic carbocycles. The Morgan fingerprint density at radius 3 is 2.74 bits per heavy atom. The van der Waals surface area contributed by atoms with Crippen LogP contribution in [0.3, 0.4) is 0 Å². The minimum Gasteiger partial charge on any atom is -0.480 e. The summed E-state index contributed by atoms with van der Waals surface area (Å²) in [4.78, 5) is 19.6. The van der Waals surface area contributed by atoms with Gasteiger partial charge in [-0.3, -0.25) is 4.79 Å². The number of imidazole rings is 1. The first-order chi connectivity index (χ1) is 13.3. The number of ether oxygens (including phenoxy) is 1. The zero-order valence-electron chi connectivity index (χ0n) is 15.7. The number of hydrogen-bond donors (Lipinski definition) is 0. The van der Waals surface area contributed by atoms with Crippen LogP contribution in [0.2, 0.25) is 0 Å². The maximum Gasteiger partial charge on any atom is 0.263 e. The molecule has 1 saturated carbocycles. The van der Waals surface area contributed by atoms with Crippen LogP contribution in [0.25, 0.3) is 0 Å². The van der Waals surface area contributed by atoms with Crippen LogP contribution < -0.4 is 4.74 Å². The van der Waals surface area contributed by atoms with E-state index in [-0.39, 0.29) is 12.0 Å². The Morgan fingerprint density at radius 2 is 1.93 bits per heavy atom. The number of rotatable bonds is 4. The fourth-order valence-electron chi connectivity index (χ4n) is 4.47. The molecule has 2 aliphatic heterocycles. The fraction of sp³-hybridized carbons (Fsp3) is 0.545. The van der Waals surface area contributed by atoms with Gasteiger partial charge in [0.15, 0.2) is 6.10 Å². The van der Waals surface area contributed by atoms with Crippen LogP contribution in [0, 0.1) is 5.92 Å². The predicted octanol–water partition coefficient (Wildman–Crippen LogP) is 3.39. The normalized spacial score (nSPS) is 23.0. The van der Waals surface area contributed by atoms with Crippen LogP contribution in [0.5, 0.6) is 5.75 Å². The highest BCUT2D eigenvalue weighted by molar-refractivity contribution is 5.81. The zero-order chi connectivity index (χ0) is 18.2. The third-order valence-corrected chi connectivity index (χ3v) is 6.26. The minimum atomic E-state index is -0.326. The van der Waals surface area contributed by atoms with Gasteiger partial charge in [0.2, 0.25) is 0 Å². The molecule has 0 radical (unpaired) electrons. The van der Waals surface area contributed by atoms with Gasteiger partial charge in [0, 0.05) is 37.9 Å². The standard InChI is InChI=1S/C22H27N3O2/c26-22(20-8-7-17-3-1-2-4-19(17)27-20)24-12-9-18(10-13-24)21-23-11-14-25(21)15-16-5-6-16/h1-4,11,14,16,18,20H,5-10,12-13,15H2/t20-/m0/s1. The van der Waals surface area contributed by atoms with Gasteiger partial charge in [-0.1, -0.05) is 18.2 Å². The monoisotopic (exact) mass is 365 g/mol. The number of para-hydroxylation sites is 1. The van der Waals surface area contributed by atoms with Crippen LogP contribution in [0.15, 0.2) is 36.7 Å². The van der Waals surface area contributed by atoms with Gasteiger partial charge in [0.05, 0.1) is 0 Å². The van der Waals surface area contributed by atoms with Crippen LogP contribution >= 0.6 is 0 Å². The molecule has 5 rings (SSSR count). The summed E-state index contributed by atoms with van der Waals surface area (Å²) < 4.78 is 8.36. The smallest absolute Gasteiger partial charge is 0.263 e. The largest absolute Gasteiger partial charge is 0.480 e. The lowest BCUT2D eigenvalue weighted by atomic mass is 9.94. The lowest BCUT2D eigenvalue weighted by Gasteiger charge is -2.35. The molecular formula is C22H27N3O2. The van der Waals surface area contributed by atoms with Crippen molar-refractivity contribution in [2.24, 2.45) is 5.92 Å². The number of hydrogen-bond acceptors (Lipinski definition) is 3. The van der Waals surface area contributed by atoms with E-state index in [9.17, 15) is 4.79 Å². The summed E-state index contributed by atoms with van der Waals surface area (Å²) in [7, 11) is 0. The Morgan fingerprint density at radius 1 is 1.11 bits per heavy atom. The Balaban J connectivity index is 1.19. The van der Waals surface area contributed by atoms with Crippen molar-refractivity contribution in [3.63, 3.8) is 0 Å². The number of fused-ring (bicyclic) bond motifs is 1. The summed E-state index contributed by atoms with van der Waals surface area (Å²) in [5.74, 6) is 3.57. The molecule has 5 nitrogen and oxygen atoms in total. The molecule has 1 amide bonds. The van der Waals surface area contributed by atoms with Crippen molar-refractivity contribution < 1.29 is 9.53 Å². The first-order valence-corrected chi connectivity index (χ1v) is 10.3. The molecule has 0 bridgehead atoms. The first-order valence-electron chi connectivity index (χ1n) is 10.3. The molecule has 27 heavy (non-hydrogen) atoms. The number of carbonyl (C=O) groups is 1. The van der Waals surface area contributed by atoms with E-state index in [1.807, 2.05) is 29.3 Å². The second-order valence-electron chi connectivity index (χ2n) is 8.23. The van der Waals surface area contributed by atoms with Gasteiger partial charge in [0.25, 0.3) is 5.91 Å². The van der Waals surface area contributed by atoms with Gasteiger partial charge < -0.3 is 14.2 Å². The molecule has 3 aliphatic rings. The lowest BCUT2D eigenvalue weighted by Crippen LogP contribution is -2.46. The van der Waals surface area contributed by atoms with Gasteiger partial charge in [-0.05, 0) is 56.1 Å². The van der Waals surface area contributed by atoms with E-state index in [1.54, 1.807) is 0 Å². The van der Waals surface area contributed by atoms with E-state index < -0.39 is 0 Å². The summed E-state index contributed by atoms with van der Waals surface area (Å²) in [5.41, 5.74) is 1.21. The molecule has 3 heterocycles. The molecule has 1 aromatic heterocycles. The fourth-order valence-corrected chi connectivity index (χ4v) is 4.47. The van der Waals surface area contributed by atoms with E-state index in [0.29, 0.717) is 5.92 Å². The third kappa shape index (κ3) is 3.47. The van der Waals surface area contributed by atoms with Crippen LogP contribution in [0.1, 0.15) is 49.4 Å². The van der Waals surface area contributed by atoms with Gasteiger partial charge in [-0.2, -0.15) is 0 Å². The van der Waals surface area contributed by atoms with Gasteiger partial charge in [0.1, 0.15) is 11.6 Å². The average molecular weight is 365 g/mol. The van der Waals surface area contributed by atoms with E-state index in [4.69, 9.17) is 4.74 Å². The predicted molar refractivity (Wildman–Crippen MR) is 103 cm³/mol. The molecule has 1 saturated heterocycles. The number of amides is 1. The van der Waals surface area contributed by atoms with E-state index in [0.717, 1.165) is 57.0 Å². The Kier molecular flexibility index (Phi) is 4.38. The average Bonchev–Trinajstić information content (AvgIpc) is 3.42. The van der Waals surface area contributed by atoms with Crippen LogP contribution in [-0.2, 0) is 17.8 Å². The van der Waals surface area contributed by atoms with Crippen molar-refractivity contribution in [3.8, 4) is 5.75 Å². The minimum absolute atomic E-state index is 0.157. The molecule has 1 atom stereocenters. The number of piperidine rings is 1. The highest BCUT2D eigenvalue weighted by Gasteiger charge is 2.33. The van der Waals surface area contributed by atoms with Crippen molar-refractivity contribution in [2.45, 2.75) is 57.1 Å².